The normalized spacial score (nSPS) is 57.0. The van der Waals surface area contributed by atoms with Crippen LogP contribution in [-0.4, -0.2) is 24.3 Å². The summed E-state index contributed by atoms with van der Waals surface area (Å²) in [5.74, 6) is 3.54. The number of aliphatic hydroxyl groups excluding tert-OH is 1. The summed E-state index contributed by atoms with van der Waals surface area (Å²) in [6.07, 6.45) is 10.6. The lowest BCUT2D eigenvalue weighted by molar-refractivity contribution is -0.108. The zero-order chi connectivity index (χ0) is 14.7. The molecule has 2 heteroatoms. The summed E-state index contributed by atoms with van der Waals surface area (Å²) < 4.78 is 0. The van der Waals surface area contributed by atoms with E-state index in [1.54, 1.807) is 0 Å². The molecule has 7 atom stereocenters. The molecule has 0 bridgehead atoms. The van der Waals surface area contributed by atoms with Crippen molar-refractivity contribution in [2.24, 2.45) is 34.5 Å². The summed E-state index contributed by atoms with van der Waals surface area (Å²) in [5, 5.41) is 14.2. The van der Waals surface area contributed by atoms with E-state index in [-0.39, 0.29) is 11.5 Å². The van der Waals surface area contributed by atoms with Crippen molar-refractivity contribution >= 4 is 0 Å². The standard InChI is InChI=1S/C19H33NO/c1-18-9-3-11-20-12-13(18)4-5-14-15-6-7-17(21)19(15,2)10-8-16(14)18/h13-17,20-21H,3-12H2,1-2H3. The average Bonchev–Trinajstić information content (AvgIpc) is 2.65. The lowest BCUT2D eigenvalue weighted by atomic mass is 9.47. The van der Waals surface area contributed by atoms with Crippen LogP contribution in [0.25, 0.3) is 0 Å². The van der Waals surface area contributed by atoms with E-state index in [9.17, 15) is 5.11 Å². The van der Waals surface area contributed by atoms with Crippen molar-refractivity contribution in [3.8, 4) is 0 Å². The summed E-state index contributed by atoms with van der Waals surface area (Å²) in [6, 6.07) is 0. The van der Waals surface area contributed by atoms with E-state index in [0.717, 1.165) is 30.1 Å². The topological polar surface area (TPSA) is 32.3 Å². The molecule has 1 saturated heterocycles. The highest BCUT2D eigenvalue weighted by Gasteiger charge is 2.59. The molecule has 1 heterocycles. The number of rotatable bonds is 0. The Balaban J connectivity index is 1.64. The molecule has 0 aromatic rings. The van der Waals surface area contributed by atoms with Crippen LogP contribution >= 0.6 is 0 Å². The minimum atomic E-state index is -0.0234. The van der Waals surface area contributed by atoms with Gasteiger partial charge in [0.25, 0.3) is 0 Å². The van der Waals surface area contributed by atoms with Gasteiger partial charge in [-0.15, -0.1) is 0 Å². The zero-order valence-corrected chi connectivity index (χ0v) is 13.9. The summed E-state index contributed by atoms with van der Waals surface area (Å²) >= 11 is 0. The summed E-state index contributed by atoms with van der Waals surface area (Å²) in [4.78, 5) is 0. The van der Waals surface area contributed by atoms with Crippen LogP contribution in [0.4, 0.5) is 0 Å². The number of aliphatic hydroxyl groups is 1. The maximum Gasteiger partial charge on any atom is 0.0596 e. The Bertz CT molecular complexity index is 410. The van der Waals surface area contributed by atoms with E-state index < -0.39 is 0 Å². The second-order valence-electron chi connectivity index (χ2n) is 9.10. The Hall–Kier alpha value is -0.0800. The smallest absolute Gasteiger partial charge is 0.0596 e. The molecule has 0 radical (unpaired) electrons. The van der Waals surface area contributed by atoms with Gasteiger partial charge in [-0.1, -0.05) is 13.8 Å². The highest BCUT2D eigenvalue weighted by Crippen LogP contribution is 2.64. The highest BCUT2D eigenvalue weighted by atomic mass is 16.3. The molecule has 4 fully saturated rings. The maximum atomic E-state index is 10.5. The monoisotopic (exact) mass is 291 g/mol. The molecular formula is C19H33NO. The second kappa shape index (κ2) is 4.96. The first-order valence-electron chi connectivity index (χ1n) is 9.44. The molecule has 3 saturated carbocycles. The lowest BCUT2D eigenvalue weighted by Crippen LogP contribution is -2.53. The van der Waals surface area contributed by atoms with E-state index in [0.29, 0.717) is 5.41 Å². The van der Waals surface area contributed by atoms with Crippen molar-refractivity contribution in [2.75, 3.05) is 13.1 Å². The molecule has 3 aliphatic carbocycles. The molecule has 4 rings (SSSR count). The zero-order valence-electron chi connectivity index (χ0n) is 13.9. The van der Waals surface area contributed by atoms with Gasteiger partial charge < -0.3 is 10.4 Å². The fourth-order valence-electron chi connectivity index (χ4n) is 7.10. The summed E-state index contributed by atoms with van der Waals surface area (Å²) in [5.41, 5.74) is 0.814. The van der Waals surface area contributed by atoms with Gasteiger partial charge in [-0.25, -0.2) is 0 Å². The van der Waals surface area contributed by atoms with E-state index in [1.807, 2.05) is 0 Å². The number of hydrogen-bond acceptors (Lipinski definition) is 2. The van der Waals surface area contributed by atoms with E-state index in [4.69, 9.17) is 0 Å². The number of nitrogens with one attached hydrogen (secondary N) is 1. The Kier molecular flexibility index (Phi) is 3.43. The van der Waals surface area contributed by atoms with Crippen LogP contribution in [0.2, 0.25) is 0 Å². The Morgan fingerprint density at radius 2 is 1.71 bits per heavy atom. The van der Waals surface area contributed by atoms with Crippen LogP contribution in [-0.2, 0) is 0 Å². The molecule has 2 N–H and O–H groups in total. The molecule has 0 amide bonds. The first-order valence-corrected chi connectivity index (χ1v) is 9.44. The Labute approximate surface area is 130 Å². The predicted octanol–water partition coefficient (Wildman–Crippen LogP) is 3.59. The van der Waals surface area contributed by atoms with Gasteiger partial charge in [0.15, 0.2) is 0 Å². The molecule has 21 heavy (non-hydrogen) atoms. The second-order valence-corrected chi connectivity index (χ2v) is 9.10. The molecule has 2 nitrogen and oxygen atoms in total. The fraction of sp³-hybridized carbons (Fsp3) is 1.00. The quantitative estimate of drug-likeness (QED) is 0.715. The van der Waals surface area contributed by atoms with E-state index >= 15 is 0 Å². The van der Waals surface area contributed by atoms with Crippen LogP contribution in [0, 0.1) is 34.5 Å². The molecule has 0 aromatic carbocycles. The molecule has 1 aliphatic heterocycles. The fourth-order valence-corrected chi connectivity index (χ4v) is 7.10. The van der Waals surface area contributed by atoms with Crippen LogP contribution < -0.4 is 5.32 Å². The van der Waals surface area contributed by atoms with Crippen molar-refractivity contribution in [1.82, 2.24) is 5.32 Å². The third-order valence-corrected chi connectivity index (χ3v) is 8.47. The number of fused-ring (bicyclic) bond motifs is 5. The van der Waals surface area contributed by atoms with Gasteiger partial charge in [0.1, 0.15) is 0 Å². The summed E-state index contributed by atoms with van der Waals surface area (Å²) in [7, 11) is 0. The third kappa shape index (κ3) is 1.97. The van der Waals surface area contributed by atoms with Crippen LogP contribution in [0.5, 0.6) is 0 Å². The van der Waals surface area contributed by atoms with Gasteiger partial charge in [-0.05, 0) is 99.0 Å². The van der Waals surface area contributed by atoms with Crippen molar-refractivity contribution in [1.29, 1.82) is 0 Å². The molecular weight excluding hydrogens is 258 g/mol. The van der Waals surface area contributed by atoms with Crippen LogP contribution in [0.3, 0.4) is 0 Å². The van der Waals surface area contributed by atoms with Crippen molar-refractivity contribution in [3.05, 3.63) is 0 Å². The van der Waals surface area contributed by atoms with Gasteiger partial charge in [0, 0.05) is 0 Å². The predicted molar refractivity (Wildman–Crippen MR) is 86.0 cm³/mol. The largest absolute Gasteiger partial charge is 0.393 e. The van der Waals surface area contributed by atoms with Crippen LogP contribution in [0.1, 0.15) is 65.2 Å². The minimum absolute atomic E-state index is 0.0234. The van der Waals surface area contributed by atoms with Gasteiger partial charge in [0.2, 0.25) is 0 Å². The first kappa shape index (κ1) is 14.5. The SMILES string of the molecule is CC12CCC3C(CCC4CNCCCC43C)C1CCC2O. The molecule has 0 aromatic heterocycles. The molecule has 4 aliphatic rings. The Morgan fingerprint density at radius 3 is 2.57 bits per heavy atom. The van der Waals surface area contributed by atoms with Crippen molar-refractivity contribution in [3.63, 3.8) is 0 Å². The van der Waals surface area contributed by atoms with Crippen molar-refractivity contribution in [2.45, 2.75) is 71.3 Å². The maximum absolute atomic E-state index is 10.5. The third-order valence-electron chi connectivity index (χ3n) is 8.47. The van der Waals surface area contributed by atoms with Crippen LogP contribution in [0.15, 0.2) is 0 Å². The van der Waals surface area contributed by atoms with E-state index in [1.165, 1.54) is 58.0 Å². The van der Waals surface area contributed by atoms with Crippen molar-refractivity contribution < 1.29 is 5.11 Å². The van der Waals surface area contributed by atoms with E-state index in [2.05, 4.69) is 19.2 Å². The average molecular weight is 291 g/mol. The summed E-state index contributed by atoms with van der Waals surface area (Å²) in [6.45, 7) is 7.50. The van der Waals surface area contributed by atoms with Gasteiger partial charge in [-0.3, -0.25) is 0 Å². The molecule has 7 unspecified atom stereocenters. The molecule has 120 valence electrons. The lowest BCUT2D eigenvalue weighted by Gasteiger charge is -2.58. The Morgan fingerprint density at radius 1 is 0.905 bits per heavy atom. The number of hydrogen-bond donors (Lipinski definition) is 2. The minimum Gasteiger partial charge on any atom is -0.393 e. The van der Waals surface area contributed by atoms with Gasteiger partial charge >= 0.3 is 0 Å². The highest BCUT2D eigenvalue weighted by molar-refractivity contribution is 5.08. The van der Waals surface area contributed by atoms with Gasteiger partial charge in [0.05, 0.1) is 6.10 Å². The molecule has 0 spiro atoms. The van der Waals surface area contributed by atoms with Gasteiger partial charge in [-0.2, -0.15) is 0 Å². The first-order chi connectivity index (χ1) is 10.1.